The van der Waals surface area contributed by atoms with Crippen LogP contribution >= 0.6 is 0 Å². The average Bonchev–Trinajstić information content (AvgIpc) is 2.18. The van der Waals surface area contributed by atoms with E-state index in [2.05, 4.69) is 0 Å². The van der Waals surface area contributed by atoms with Crippen molar-refractivity contribution in [1.82, 2.24) is 0 Å². The average molecular weight is 192 g/mol. The number of hydrogen-bond donors (Lipinski definition) is 1. The number of rotatable bonds is 2. The molecule has 0 amide bonds. The molecule has 74 valence electrons. The predicted octanol–water partition coefficient (Wildman–Crippen LogP) is 1.78. The minimum Gasteiger partial charge on any atom is -0.481 e. The largest absolute Gasteiger partial charge is 0.481 e. The van der Waals surface area contributed by atoms with E-state index in [1.54, 1.807) is 0 Å². The SMILES string of the molecule is O=C(O)C[C@@H]1OCCc2ccccc21. The van der Waals surface area contributed by atoms with E-state index in [1.165, 1.54) is 5.56 Å². The Hall–Kier alpha value is -1.35. The monoisotopic (exact) mass is 192 g/mol. The van der Waals surface area contributed by atoms with Crippen molar-refractivity contribution in [1.29, 1.82) is 0 Å². The summed E-state index contributed by atoms with van der Waals surface area (Å²) in [6.45, 7) is 0.620. The number of benzene rings is 1. The second-order valence-corrected chi connectivity index (χ2v) is 3.41. The van der Waals surface area contributed by atoms with Gasteiger partial charge >= 0.3 is 5.97 Å². The van der Waals surface area contributed by atoms with Crippen LogP contribution < -0.4 is 0 Å². The maximum absolute atomic E-state index is 10.6. The lowest BCUT2D eigenvalue weighted by atomic mass is 9.96. The Morgan fingerprint density at radius 2 is 2.29 bits per heavy atom. The van der Waals surface area contributed by atoms with Crippen molar-refractivity contribution < 1.29 is 14.6 Å². The van der Waals surface area contributed by atoms with Gasteiger partial charge in [0.2, 0.25) is 0 Å². The molecule has 3 nitrogen and oxygen atoms in total. The Morgan fingerprint density at radius 3 is 3.07 bits per heavy atom. The van der Waals surface area contributed by atoms with Crippen LogP contribution in [0.15, 0.2) is 24.3 Å². The van der Waals surface area contributed by atoms with Gasteiger partial charge in [-0.1, -0.05) is 24.3 Å². The smallest absolute Gasteiger partial charge is 0.306 e. The highest BCUT2D eigenvalue weighted by molar-refractivity contribution is 5.67. The molecule has 0 aliphatic carbocycles. The van der Waals surface area contributed by atoms with Crippen LogP contribution in [0.3, 0.4) is 0 Å². The van der Waals surface area contributed by atoms with Gasteiger partial charge in [-0.15, -0.1) is 0 Å². The maximum atomic E-state index is 10.6. The molecule has 0 aromatic heterocycles. The van der Waals surface area contributed by atoms with Crippen LogP contribution in [0.4, 0.5) is 0 Å². The van der Waals surface area contributed by atoms with Crippen molar-refractivity contribution in [2.75, 3.05) is 6.61 Å². The van der Waals surface area contributed by atoms with Gasteiger partial charge in [0, 0.05) is 0 Å². The number of carbonyl (C=O) groups is 1. The molecule has 0 radical (unpaired) electrons. The molecule has 0 saturated carbocycles. The zero-order valence-electron chi connectivity index (χ0n) is 7.77. The summed E-state index contributed by atoms with van der Waals surface area (Å²) >= 11 is 0. The standard InChI is InChI=1S/C11H12O3/c12-11(13)7-10-9-4-2-1-3-8(9)5-6-14-10/h1-4,10H,5-7H2,(H,12,13)/t10-/m0/s1. The van der Waals surface area contributed by atoms with E-state index in [4.69, 9.17) is 9.84 Å². The van der Waals surface area contributed by atoms with E-state index in [0.717, 1.165) is 12.0 Å². The quantitative estimate of drug-likeness (QED) is 0.776. The minimum absolute atomic E-state index is 0.0526. The van der Waals surface area contributed by atoms with Gasteiger partial charge in [0.05, 0.1) is 19.1 Å². The van der Waals surface area contributed by atoms with Gasteiger partial charge in [-0.2, -0.15) is 0 Å². The Bertz CT molecular complexity index is 346. The Morgan fingerprint density at radius 1 is 1.50 bits per heavy atom. The lowest BCUT2D eigenvalue weighted by Crippen LogP contribution is -2.18. The van der Waals surface area contributed by atoms with Crippen LogP contribution in [0.25, 0.3) is 0 Å². The molecule has 0 fully saturated rings. The summed E-state index contributed by atoms with van der Waals surface area (Å²) < 4.78 is 5.43. The fraction of sp³-hybridized carbons (Fsp3) is 0.364. The zero-order valence-corrected chi connectivity index (χ0v) is 7.77. The van der Waals surface area contributed by atoms with Crippen LogP contribution in [0.2, 0.25) is 0 Å². The van der Waals surface area contributed by atoms with Crippen molar-refractivity contribution in [2.45, 2.75) is 18.9 Å². The fourth-order valence-corrected chi connectivity index (χ4v) is 1.80. The number of ether oxygens (including phenoxy) is 1. The molecule has 1 heterocycles. The topological polar surface area (TPSA) is 46.5 Å². The van der Waals surface area contributed by atoms with Crippen molar-refractivity contribution in [3.8, 4) is 0 Å². The second-order valence-electron chi connectivity index (χ2n) is 3.41. The number of carboxylic acids is 1. The molecule has 1 N–H and O–H groups in total. The highest BCUT2D eigenvalue weighted by atomic mass is 16.5. The van der Waals surface area contributed by atoms with Gasteiger partial charge < -0.3 is 9.84 Å². The van der Waals surface area contributed by atoms with E-state index < -0.39 is 5.97 Å². The normalized spacial score (nSPS) is 20.1. The number of hydrogen-bond acceptors (Lipinski definition) is 2. The Balaban J connectivity index is 2.26. The third-order valence-electron chi connectivity index (χ3n) is 2.45. The van der Waals surface area contributed by atoms with E-state index in [0.29, 0.717) is 6.61 Å². The maximum Gasteiger partial charge on any atom is 0.306 e. The zero-order chi connectivity index (χ0) is 9.97. The molecule has 0 unspecified atom stereocenters. The first kappa shape index (κ1) is 9.21. The van der Waals surface area contributed by atoms with Gasteiger partial charge in [-0.3, -0.25) is 4.79 Å². The van der Waals surface area contributed by atoms with Crippen LogP contribution in [0, 0.1) is 0 Å². The van der Waals surface area contributed by atoms with E-state index in [1.807, 2.05) is 24.3 Å². The summed E-state index contributed by atoms with van der Waals surface area (Å²) in [7, 11) is 0. The molecule has 1 aliphatic heterocycles. The van der Waals surface area contributed by atoms with Crippen LogP contribution in [0.1, 0.15) is 23.7 Å². The Kier molecular flexibility index (Phi) is 2.50. The first-order valence-corrected chi connectivity index (χ1v) is 4.68. The predicted molar refractivity (Wildman–Crippen MR) is 51.1 cm³/mol. The summed E-state index contributed by atoms with van der Waals surface area (Å²) in [4.78, 5) is 10.6. The van der Waals surface area contributed by atoms with Crippen molar-refractivity contribution in [3.63, 3.8) is 0 Å². The third-order valence-corrected chi connectivity index (χ3v) is 2.45. The third kappa shape index (κ3) is 1.77. The van der Waals surface area contributed by atoms with Gasteiger partial charge in [0.15, 0.2) is 0 Å². The number of carboxylic acid groups (broad SMARTS) is 1. The van der Waals surface area contributed by atoms with Crippen molar-refractivity contribution in [2.24, 2.45) is 0 Å². The van der Waals surface area contributed by atoms with Crippen molar-refractivity contribution >= 4 is 5.97 Å². The van der Waals surface area contributed by atoms with Gasteiger partial charge in [0.25, 0.3) is 0 Å². The molecule has 0 spiro atoms. The molecule has 1 aromatic rings. The van der Waals surface area contributed by atoms with E-state index in [9.17, 15) is 4.79 Å². The molecular weight excluding hydrogens is 180 g/mol. The van der Waals surface area contributed by atoms with E-state index in [-0.39, 0.29) is 12.5 Å². The highest BCUT2D eigenvalue weighted by Crippen LogP contribution is 2.29. The number of aliphatic carboxylic acids is 1. The summed E-state index contributed by atoms with van der Waals surface area (Å²) in [6, 6.07) is 7.87. The summed E-state index contributed by atoms with van der Waals surface area (Å²) in [5.41, 5.74) is 2.24. The summed E-state index contributed by atoms with van der Waals surface area (Å²) in [6.07, 6.45) is 0.668. The lowest BCUT2D eigenvalue weighted by Gasteiger charge is -2.24. The number of fused-ring (bicyclic) bond motifs is 1. The molecule has 1 aliphatic rings. The van der Waals surface area contributed by atoms with Gasteiger partial charge in [-0.25, -0.2) is 0 Å². The van der Waals surface area contributed by atoms with Gasteiger partial charge in [0.1, 0.15) is 0 Å². The van der Waals surface area contributed by atoms with E-state index >= 15 is 0 Å². The second kappa shape index (κ2) is 3.80. The van der Waals surface area contributed by atoms with Gasteiger partial charge in [-0.05, 0) is 17.5 Å². The first-order valence-electron chi connectivity index (χ1n) is 4.68. The summed E-state index contributed by atoms with van der Waals surface area (Å²) in [5, 5.41) is 8.71. The highest BCUT2D eigenvalue weighted by Gasteiger charge is 2.22. The molecule has 1 aromatic carbocycles. The summed E-state index contributed by atoms with van der Waals surface area (Å²) in [5.74, 6) is -0.813. The molecule has 2 rings (SSSR count). The lowest BCUT2D eigenvalue weighted by molar-refractivity contribution is -0.140. The van der Waals surface area contributed by atoms with Crippen LogP contribution in [-0.2, 0) is 16.0 Å². The van der Waals surface area contributed by atoms with Crippen LogP contribution in [-0.4, -0.2) is 17.7 Å². The molecule has 0 saturated heterocycles. The molecule has 1 atom stereocenters. The molecule has 14 heavy (non-hydrogen) atoms. The first-order chi connectivity index (χ1) is 6.77. The van der Waals surface area contributed by atoms with Crippen molar-refractivity contribution in [3.05, 3.63) is 35.4 Å². The minimum atomic E-state index is -0.813. The fourth-order valence-electron chi connectivity index (χ4n) is 1.80. The van der Waals surface area contributed by atoms with Crippen LogP contribution in [0.5, 0.6) is 0 Å². The molecule has 3 heteroatoms. The molecular formula is C11H12O3. The Labute approximate surface area is 82.3 Å². The molecule has 0 bridgehead atoms.